The number of thiophene rings is 1. The van der Waals surface area contributed by atoms with Crippen molar-refractivity contribution in [2.75, 3.05) is 20.1 Å². The molecule has 2 aliphatic heterocycles. The Kier molecular flexibility index (Phi) is 5.04. The first-order chi connectivity index (χ1) is 14.6. The Morgan fingerprint density at radius 1 is 1.27 bits per heavy atom. The number of oxazole rings is 1. The molecular formula is C22H24N4O3S. The molecule has 0 N–H and O–H groups in total. The first kappa shape index (κ1) is 19.3. The maximum Gasteiger partial charge on any atom is 0.275 e. The number of carbonyl (C=O) groups excluding carboxylic acids is 1. The van der Waals surface area contributed by atoms with Crippen LogP contribution in [0.25, 0.3) is 0 Å². The molecule has 0 radical (unpaired) electrons. The molecule has 2 atom stereocenters. The fourth-order valence-corrected chi connectivity index (χ4v) is 5.46. The van der Waals surface area contributed by atoms with Crippen LogP contribution < -0.4 is 5.56 Å². The van der Waals surface area contributed by atoms with Crippen LogP contribution in [0.4, 0.5) is 0 Å². The number of rotatable bonds is 5. The Balaban J connectivity index is 1.34. The van der Waals surface area contributed by atoms with Crippen LogP contribution in [0.3, 0.4) is 0 Å². The lowest BCUT2D eigenvalue weighted by molar-refractivity contribution is 0.0588. The molecule has 0 aromatic carbocycles. The van der Waals surface area contributed by atoms with Crippen LogP contribution in [0.5, 0.6) is 0 Å². The lowest BCUT2D eigenvalue weighted by Gasteiger charge is -2.42. The second kappa shape index (κ2) is 7.85. The van der Waals surface area contributed by atoms with E-state index in [-0.39, 0.29) is 23.3 Å². The number of amides is 1. The van der Waals surface area contributed by atoms with Gasteiger partial charge in [0.2, 0.25) is 0 Å². The molecule has 8 heteroatoms. The molecular weight excluding hydrogens is 400 g/mol. The summed E-state index contributed by atoms with van der Waals surface area (Å²) in [5.74, 6) is 0.364. The van der Waals surface area contributed by atoms with Gasteiger partial charge in [0.05, 0.1) is 0 Å². The molecule has 30 heavy (non-hydrogen) atoms. The van der Waals surface area contributed by atoms with Gasteiger partial charge < -0.3 is 13.9 Å². The minimum Gasteiger partial charge on any atom is -0.451 e. The third-order valence-electron chi connectivity index (χ3n) is 6.09. The number of fused-ring (bicyclic) bond motifs is 4. The van der Waals surface area contributed by atoms with Crippen LogP contribution in [-0.2, 0) is 19.6 Å². The summed E-state index contributed by atoms with van der Waals surface area (Å²) in [5.41, 5.74) is 3.59. The third-order valence-corrected chi connectivity index (χ3v) is 6.83. The van der Waals surface area contributed by atoms with E-state index in [0.29, 0.717) is 31.9 Å². The Labute approximate surface area is 178 Å². The quantitative estimate of drug-likeness (QED) is 0.630. The van der Waals surface area contributed by atoms with Crippen LogP contribution >= 0.6 is 11.3 Å². The maximum absolute atomic E-state index is 13.2. The summed E-state index contributed by atoms with van der Waals surface area (Å²) in [6, 6.07) is 6.17. The smallest absolute Gasteiger partial charge is 0.275 e. The van der Waals surface area contributed by atoms with Crippen molar-refractivity contribution in [2.24, 2.45) is 5.92 Å². The van der Waals surface area contributed by atoms with Crippen molar-refractivity contribution in [3.8, 4) is 0 Å². The molecule has 5 heterocycles. The number of carbonyl (C=O) groups is 1. The summed E-state index contributed by atoms with van der Waals surface area (Å²) in [5, 5.41) is 4.22. The van der Waals surface area contributed by atoms with E-state index in [1.165, 1.54) is 18.2 Å². The van der Waals surface area contributed by atoms with E-state index in [1.54, 1.807) is 11.3 Å². The molecule has 3 aromatic heterocycles. The van der Waals surface area contributed by atoms with Crippen LogP contribution in [-0.4, -0.2) is 45.4 Å². The number of nitrogens with zero attached hydrogens (tertiary/aromatic N) is 4. The molecule has 1 amide bonds. The number of likely N-dealkylation sites (tertiary alicyclic amines) is 1. The fraction of sp³-hybridized carbons (Fsp3) is 0.409. The molecule has 7 nitrogen and oxygen atoms in total. The predicted octanol–water partition coefficient (Wildman–Crippen LogP) is 2.79. The van der Waals surface area contributed by atoms with E-state index >= 15 is 0 Å². The number of pyridine rings is 1. The largest absolute Gasteiger partial charge is 0.451 e. The average molecular weight is 425 g/mol. The average Bonchev–Trinajstić information content (AvgIpc) is 3.44. The highest BCUT2D eigenvalue weighted by Gasteiger charge is 2.37. The van der Waals surface area contributed by atoms with Gasteiger partial charge in [-0.05, 0) is 47.8 Å². The first-order valence-electron chi connectivity index (χ1n) is 10.2. The third kappa shape index (κ3) is 3.61. The van der Waals surface area contributed by atoms with Crippen molar-refractivity contribution in [1.82, 2.24) is 19.4 Å². The van der Waals surface area contributed by atoms with Crippen LogP contribution in [0, 0.1) is 5.92 Å². The highest BCUT2D eigenvalue weighted by Crippen LogP contribution is 2.35. The van der Waals surface area contributed by atoms with Crippen LogP contribution in [0.1, 0.15) is 39.6 Å². The van der Waals surface area contributed by atoms with E-state index in [1.807, 2.05) is 22.6 Å². The van der Waals surface area contributed by atoms with Gasteiger partial charge >= 0.3 is 0 Å². The Morgan fingerprint density at radius 2 is 2.17 bits per heavy atom. The summed E-state index contributed by atoms with van der Waals surface area (Å²) in [7, 11) is 2.04. The molecule has 2 aliphatic rings. The van der Waals surface area contributed by atoms with E-state index in [9.17, 15) is 9.59 Å². The van der Waals surface area contributed by atoms with Gasteiger partial charge in [-0.1, -0.05) is 6.07 Å². The zero-order chi connectivity index (χ0) is 20.7. The Morgan fingerprint density at radius 3 is 2.93 bits per heavy atom. The zero-order valence-electron chi connectivity index (χ0n) is 16.9. The second-order valence-corrected chi connectivity index (χ2v) is 9.17. The molecule has 0 saturated carbocycles. The summed E-state index contributed by atoms with van der Waals surface area (Å²) in [6.45, 7) is 3.38. The highest BCUT2D eigenvalue weighted by atomic mass is 32.1. The van der Waals surface area contributed by atoms with Crippen molar-refractivity contribution in [3.63, 3.8) is 0 Å². The zero-order valence-corrected chi connectivity index (χ0v) is 17.7. The summed E-state index contributed by atoms with van der Waals surface area (Å²) < 4.78 is 6.91. The number of aromatic nitrogens is 2. The highest BCUT2D eigenvalue weighted by molar-refractivity contribution is 7.07. The lowest BCUT2D eigenvalue weighted by Crippen LogP contribution is -2.49. The molecule has 1 saturated heterocycles. The summed E-state index contributed by atoms with van der Waals surface area (Å²) in [6.07, 6.45) is 3.69. The molecule has 156 valence electrons. The summed E-state index contributed by atoms with van der Waals surface area (Å²) >= 11 is 1.69. The molecule has 3 aromatic rings. The second-order valence-electron chi connectivity index (χ2n) is 8.39. The lowest BCUT2D eigenvalue weighted by atomic mass is 9.83. The Bertz CT molecular complexity index is 1090. The van der Waals surface area contributed by atoms with Crippen molar-refractivity contribution in [3.05, 3.63) is 74.5 Å². The van der Waals surface area contributed by atoms with Crippen LogP contribution in [0.15, 0.2) is 50.8 Å². The summed E-state index contributed by atoms with van der Waals surface area (Å²) in [4.78, 5) is 33.9. The molecule has 0 spiro atoms. The molecule has 2 bridgehead atoms. The van der Waals surface area contributed by atoms with E-state index < -0.39 is 0 Å². The van der Waals surface area contributed by atoms with Gasteiger partial charge in [-0.3, -0.25) is 14.5 Å². The maximum atomic E-state index is 13.2. The van der Waals surface area contributed by atoms with E-state index in [0.717, 1.165) is 24.2 Å². The van der Waals surface area contributed by atoms with Gasteiger partial charge in [0.15, 0.2) is 12.1 Å². The standard InChI is InChI=1S/C22H24N4O3S/c1-24(7-15-4-5-30-13-15)10-17-2-3-20-18-6-16(9-26(20)21(17)27)8-25(11-18)22(28)19-12-29-14-23-19/h2-5,12-14,16,18H,6-11H2,1H3/t16-,18+/m0/s1. The minimum absolute atomic E-state index is 0.0964. The first-order valence-corrected chi connectivity index (χ1v) is 11.1. The number of piperidine rings is 1. The van der Waals surface area contributed by atoms with E-state index in [4.69, 9.17) is 4.42 Å². The minimum atomic E-state index is -0.0964. The topological polar surface area (TPSA) is 71.6 Å². The van der Waals surface area contributed by atoms with Gasteiger partial charge in [-0.15, -0.1) is 0 Å². The van der Waals surface area contributed by atoms with Crippen molar-refractivity contribution in [1.29, 1.82) is 0 Å². The Hall–Kier alpha value is -2.71. The molecule has 1 fully saturated rings. The molecule has 0 aliphatic carbocycles. The number of hydrogen-bond donors (Lipinski definition) is 0. The number of hydrogen-bond acceptors (Lipinski definition) is 6. The van der Waals surface area contributed by atoms with Gasteiger partial charge in [-0.25, -0.2) is 4.98 Å². The van der Waals surface area contributed by atoms with Gasteiger partial charge in [-0.2, -0.15) is 11.3 Å². The van der Waals surface area contributed by atoms with Gasteiger partial charge in [0, 0.05) is 49.9 Å². The monoisotopic (exact) mass is 424 g/mol. The van der Waals surface area contributed by atoms with Crippen molar-refractivity contribution < 1.29 is 9.21 Å². The van der Waals surface area contributed by atoms with Crippen LogP contribution in [0.2, 0.25) is 0 Å². The van der Waals surface area contributed by atoms with E-state index in [2.05, 4.69) is 32.8 Å². The van der Waals surface area contributed by atoms with Crippen molar-refractivity contribution >= 4 is 17.2 Å². The molecule has 5 rings (SSSR count). The van der Waals surface area contributed by atoms with Gasteiger partial charge in [0.25, 0.3) is 11.5 Å². The SMILES string of the molecule is CN(Cc1ccsc1)Cc1ccc2n(c1=O)C[C@H]1C[C@@H]2CN(C(=O)c2cocn2)C1. The fourth-order valence-electron chi connectivity index (χ4n) is 4.80. The predicted molar refractivity (Wildman–Crippen MR) is 113 cm³/mol. The molecule has 0 unspecified atom stereocenters. The van der Waals surface area contributed by atoms with Crippen molar-refractivity contribution in [2.45, 2.75) is 32.0 Å². The van der Waals surface area contributed by atoms with Gasteiger partial charge in [0.1, 0.15) is 6.26 Å². The normalized spacial score (nSPS) is 20.4.